The van der Waals surface area contributed by atoms with Crippen LogP contribution >= 0.6 is 0 Å². The van der Waals surface area contributed by atoms with Gasteiger partial charge in [0.15, 0.2) is 0 Å². The lowest BCUT2D eigenvalue weighted by atomic mass is 9.96. The zero-order valence-corrected chi connectivity index (χ0v) is 10.4. The molecule has 0 bridgehead atoms. The van der Waals surface area contributed by atoms with Crippen LogP contribution in [0.4, 0.5) is 8.78 Å². The summed E-state index contributed by atoms with van der Waals surface area (Å²) in [5, 5.41) is 8.85. The molecule has 1 N–H and O–H groups in total. The highest BCUT2D eigenvalue weighted by atomic mass is 19.3. The molecule has 0 amide bonds. The number of aliphatic hydroxyl groups excluding tert-OH is 1. The quantitative estimate of drug-likeness (QED) is 0.894. The highest BCUT2D eigenvalue weighted by Gasteiger charge is 2.43. The fraction of sp³-hybridized carbons (Fsp3) is 0.571. The summed E-state index contributed by atoms with van der Waals surface area (Å²) in [7, 11) is 0. The number of nitrogens with zero attached hydrogens (tertiary/aromatic N) is 1. The summed E-state index contributed by atoms with van der Waals surface area (Å²) >= 11 is 0. The summed E-state index contributed by atoms with van der Waals surface area (Å²) in [5.74, 6) is -3.00. The lowest BCUT2D eigenvalue weighted by Gasteiger charge is -2.39. The summed E-state index contributed by atoms with van der Waals surface area (Å²) in [4.78, 5) is 1.80. The molecule has 0 aromatic heterocycles. The zero-order valence-electron chi connectivity index (χ0n) is 10.4. The predicted molar refractivity (Wildman–Crippen MR) is 66.5 cm³/mol. The molecule has 0 aliphatic carbocycles. The van der Waals surface area contributed by atoms with Crippen LogP contribution in [-0.4, -0.2) is 35.1 Å². The molecule has 4 heteroatoms. The van der Waals surface area contributed by atoms with E-state index in [9.17, 15) is 8.78 Å². The summed E-state index contributed by atoms with van der Waals surface area (Å²) in [5.41, 5.74) is 1.04. The second-order valence-electron chi connectivity index (χ2n) is 4.89. The molecule has 0 saturated carbocycles. The lowest BCUT2D eigenvalue weighted by molar-refractivity contribution is -0.126. The molecular weight excluding hydrogens is 236 g/mol. The number of hydrogen-bond donors (Lipinski definition) is 1. The maximum atomic E-state index is 13.7. The first kappa shape index (κ1) is 13.4. The summed E-state index contributed by atoms with van der Waals surface area (Å²) < 4.78 is 27.4. The highest BCUT2D eigenvalue weighted by molar-refractivity contribution is 5.15. The van der Waals surface area contributed by atoms with Gasteiger partial charge in [-0.05, 0) is 24.9 Å². The van der Waals surface area contributed by atoms with Crippen LogP contribution in [0.15, 0.2) is 30.3 Å². The van der Waals surface area contributed by atoms with Crippen LogP contribution in [0.1, 0.15) is 24.8 Å². The van der Waals surface area contributed by atoms with Crippen LogP contribution in [0, 0.1) is 0 Å². The first-order chi connectivity index (χ1) is 8.63. The Morgan fingerprint density at radius 3 is 2.61 bits per heavy atom. The van der Waals surface area contributed by atoms with Gasteiger partial charge in [-0.15, -0.1) is 0 Å². The van der Waals surface area contributed by atoms with Crippen molar-refractivity contribution in [1.82, 2.24) is 4.90 Å². The molecule has 1 fully saturated rings. The fourth-order valence-electron chi connectivity index (χ4n) is 2.58. The minimum atomic E-state index is -3.00. The van der Waals surface area contributed by atoms with Crippen LogP contribution in [0.2, 0.25) is 0 Å². The molecule has 0 spiro atoms. The van der Waals surface area contributed by atoms with Crippen molar-refractivity contribution in [2.45, 2.75) is 37.8 Å². The average molecular weight is 255 g/mol. The van der Waals surface area contributed by atoms with E-state index in [2.05, 4.69) is 0 Å². The van der Waals surface area contributed by atoms with Crippen molar-refractivity contribution in [2.24, 2.45) is 0 Å². The van der Waals surface area contributed by atoms with E-state index in [1.807, 2.05) is 30.3 Å². The normalized spacial score (nSPS) is 22.1. The van der Waals surface area contributed by atoms with Crippen molar-refractivity contribution >= 4 is 0 Å². The molecule has 1 unspecified atom stereocenters. The maximum Gasteiger partial charge on any atom is 0.285 e. The van der Waals surface area contributed by atoms with E-state index in [4.69, 9.17) is 5.11 Å². The van der Waals surface area contributed by atoms with Gasteiger partial charge in [-0.3, -0.25) is 4.90 Å². The number of likely N-dealkylation sites (tertiary alicyclic amines) is 1. The van der Waals surface area contributed by atoms with E-state index in [0.717, 1.165) is 18.4 Å². The van der Waals surface area contributed by atoms with Gasteiger partial charge in [0, 0.05) is 6.54 Å². The van der Waals surface area contributed by atoms with E-state index in [1.54, 1.807) is 4.90 Å². The third kappa shape index (κ3) is 3.06. The minimum Gasteiger partial charge on any atom is -0.390 e. The Bertz CT molecular complexity index is 369. The molecule has 2 rings (SSSR count). The standard InChI is InChI=1S/C14H19F2NO/c15-14(16,11-18)13-8-4-5-9-17(13)10-12-6-2-1-3-7-12/h1-3,6-7,13,18H,4-5,8-11H2. The largest absolute Gasteiger partial charge is 0.390 e. The Morgan fingerprint density at radius 2 is 1.94 bits per heavy atom. The van der Waals surface area contributed by atoms with E-state index in [0.29, 0.717) is 19.5 Å². The van der Waals surface area contributed by atoms with E-state index < -0.39 is 18.6 Å². The third-order valence-corrected chi connectivity index (χ3v) is 3.54. The number of rotatable bonds is 4. The van der Waals surface area contributed by atoms with Crippen LogP contribution in [-0.2, 0) is 6.54 Å². The van der Waals surface area contributed by atoms with Gasteiger partial charge in [0.05, 0.1) is 6.04 Å². The first-order valence-electron chi connectivity index (χ1n) is 6.40. The van der Waals surface area contributed by atoms with Crippen molar-refractivity contribution in [3.63, 3.8) is 0 Å². The number of hydrogen-bond acceptors (Lipinski definition) is 2. The fourth-order valence-corrected chi connectivity index (χ4v) is 2.58. The molecule has 1 aliphatic heterocycles. The number of aliphatic hydroxyl groups is 1. The SMILES string of the molecule is OCC(F)(F)C1CCCCN1Cc1ccccc1. The lowest BCUT2D eigenvalue weighted by Crippen LogP contribution is -2.51. The molecular formula is C14H19F2NO. The molecule has 2 nitrogen and oxygen atoms in total. The van der Waals surface area contributed by atoms with Crippen molar-refractivity contribution in [2.75, 3.05) is 13.2 Å². The van der Waals surface area contributed by atoms with Gasteiger partial charge >= 0.3 is 0 Å². The van der Waals surface area contributed by atoms with Crippen molar-refractivity contribution in [3.8, 4) is 0 Å². The highest BCUT2D eigenvalue weighted by Crippen LogP contribution is 2.31. The Labute approximate surface area is 106 Å². The molecule has 0 radical (unpaired) electrons. The smallest absolute Gasteiger partial charge is 0.285 e. The van der Waals surface area contributed by atoms with E-state index >= 15 is 0 Å². The third-order valence-electron chi connectivity index (χ3n) is 3.54. The van der Waals surface area contributed by atoms with Gasteiger partial charge in [-0.1, -0.05) is 36.8 Å². The van der Waals surface area contributed by atoms with Crippen LogP contribution in [0.25, 0.3) is 0 Å². The van der Waals surface area contributed by atoms with E-state index in [-0.39, 0.29) is 0 Å². The Balaban J connectivity index is 2.09. The molecule has 1 atom stereocenters. The van der Waals surface area contributed by atoms with Crippen molar-refractivity contribution in [1.29, 1.82) is 0 Å². The molecule has 1 heterocycles. The predicted octanol–water partition coefficient (Wildman–Crippen LogP) is 2.67. The average Bonchev–Trinajstić information content (AvgIpc) is 2.40. The van der Waals surface area contributed by atoms with Gasteiger partial charge < -0.3 is 5.11 Å². The summed E-state index contributed by atoms with van der Waals surface area (Å²) in [6, 6.07) is 8.80. The van der Waals surface area contributed by atoms with E-state index in [1.165, 1.54) is 0 Å². The minimum absolute atomic E-state index is 0.459. The molecule has 1 aromatic carbocycles. The summed E-state index contributed by atoms with van der Waals surface area (Å²) in [6.45, 7) is 0.138. The van der Waals surface area contributed by atoms with Gasteiger partial charge in [0.1, 0.15) is 6.61 Å². The Kier molecular flexibility index (Phi) is 4.30. The number of halogens is 2. The number of piperidine rings is 1. The van der Waals surface area contributed by atoms with Gasteiger partial charge in [-0.2, -0.15) is 0 Å². The monoisotopic (exact) mass is 255 g/mol. The maximum absolute atomic E-state index is 13.7. The topological polar surface area (TPSA) is 23.5 Å². The second-order valence-corrected chi connectivity index (χ2v) is 4.89. The zero-order chi connectivity index (χ0) is 13.0. The molecule has 18 heavy (non-hydrogen) atoms. The van der Waals surface area contributed by atoms with Crippen molar-refractivity contribution in [3.05, 3.63) is 35.9 Å². The van der Waals surface area contributed by atoms with Gasteiger partial charge in [0.25, 0.3) is 5.92 Å². The van der Waals surface area contributed by atoms with Crippen LogP contribution in [0.3, 0.4) is 0 Å². The number of benzene rings is 1. The molecule has 1 aromatic rings. The number of alkyl halides is 2. The Morgan fingerprint density at radius 1 is 1.22 bits per heavy atom. The first-order valence-corrected chi connectivity index (χ1v) is 6.40. The van der Waals surface area contributed by atoms with Crippen molar-refractivity contribution < 1.29 is 13.9 Å². The van der Waals surface area contributed by atoms with Crippen LogP contribution < -0.4 is 0 Å². The molecule has 100 valence electrons. The Hall–Kier alpha value is -1.00. The van der Waals surface area contributed by atoms with Crippen LogP contribution in [0.5, 0.6) is 0 Å². The van der Waals surface area contributed by atoms with Gasteiger partial charge in [-0.25, -0.2) is 8.78 Å². The van der Waals surface area contributed by atoms with Gasteiger partial charge in [0.2, 0.25) is 0 Å². The second kappa shape index (κ2) is 5.76. The summed E-state index contributed by atoms with van der Waals surface area (Å²) in [6.07, 6.45) is 2.22. The molecule has 1 aliphatic rings. The molecule has 1 saturated heterocycles.